The Bertz CT molecular complexity index is 493. The van der Waals surface area contributed by atoms with Crippen LogP contribution < -0.4 is 0 Å². The summed E-state index contributed by atoms with van der Waals surface area (Å²) in [6, 6.07) is 4.38. The second-order valence-electron chi connectivity index (χ2n) is 2.82. The van der Waals surface area contributed by atoms with Crippen LogP contribution >= 0.6 is 0 Å². The van der Waals surface area contributed by atoms with E-state index in [1.54, 1.807) is 13.0 Å². The lowest BCUT2D eigenvalue weighted by atomic mass is 10.5. The minimum Gasteiger partial charge on any atom is -0.462 e. The van der Waals surface area contributed by atoms with Crippen LogP contribution in [-0.4, -0.2) is 26.0 Å². The van der Waals surface area contributed by atoms with Gasteiger partial charge in [0.25, 0.3) is 0 Å². The number of rotatable bonds is 4. The minimum atomic E-state index is -3.94. The molecule has 0 saturated carbocycles. The molecule has 0 unspecified atom stereocenters. The quantitative estimate of drug-likeness (QED) is 0.579. The van der Waals surface area contributed by atoms with Crippen molar-refractivity contribution in [2.75, 3.05) is 6.61 Å². The molecule has 0 radical (unpaired) electrons. The Morgan fingerprint density at radius 1 is 1.50 bits per heavy atom. The number of aromatic nitrogens is 1. The highest BCUT2D eigenvalue weighted by Gasteiger charge is 2.26. The Morgan fingerprint density at radius 2 is 2.19 bits per heavy atom. The van der Waals surface area contributed by atoms with Crippen molar-refractivity contribution in [2.24, 2.45) is 0 Å². The maximum Gasteiger partial charge on any atom is 0.349 e. The van der Waals surface area contributed by atoms with E-state index in [0.717, 1.165) is 0 Å². The van der Waals surface area contributed by atoms with Crippen LogP contribution in [0.4, 0.5) is 0 Å². The molecular weight excluding hydrogens is 230 g/mol. The van der Waals surface area contributed by atoms with Crippen LogP contribution in [0.15, 0.2) is 40.9 Å². The van der Waals surface area contributed by atoms with Crippen LogP contribution in [-0.2, 0) is 19.4 Å². The fraction of sp³-hybridized carbons (Fsp3) is 0.200. The monoisotopic (exact) mass is 241 g/mol. The van der Waals surface area contributed by atoms with Crippen LogP contribution in [0.1, 0.15) is 6.92 Å². The number of ether oxygens (including phenoxy) is 1. The number of pyridine rings is 1. The zero-order valence-corrected chi connectivity index (χ0v) is 9.53. The number of esters is 1. The minimum absolute atomic E-state index is 0.0928. The second kappa shape index (κ2) is 4.89. The zero-order chi connectivity index (χ0) is 12.2. The topological polar surface area (TPSA) is 73.3 Å². The molecule has 0 aliphatic heterocycles. The normalized spacial score (nSPS) is 10.8. The molecule has 0 saturated heterocycles. The molecule has 1 aromatic heterocycles. The molecule has 0 aliphatic rings. The van der Waals surface area contributed by atoms with Gasteiger partial charge >= 0.3 is 5.97 Å². The molecule has 0 spiro atoms. The van der Waals surface area contributed by atoms with E-state index >= 15 is 0 Å². The standard InChI is InChI=1S/C10H11NO4S/c1-3-15-10(12)8(2)16(13,14)9-6-4-5-7-11-9/h4-7H,2-3H2,1H3. The van der Waals surface area contributed by atoms with Crippen LogP contribution in [0.5, 0.6) is 0 Å². The first-order valence-electron chi connectivity index (χ1n) is 4.52. The fourth-order valence-electron chi connectivity index (χ4n) is 0.954. The maximum atomic E-state index is 11.8. The van der Waals surface area contributed by atoms with E-state index in [0.29, 0.717) is 0 Å². The van der Waals surface area contributed by atoms with Gasteiger partial charge < -0.3 is 4.74 Å². The molecule has 0 atom stereocenters. The summed E-state index contributed by atoms with van der Waals surface area (Å²) in [5.41, 5.74) is 0. The first-order valence-corrected chi connectivity index (χ1v) is 6.00. The molecule has 16 heavy (non-hydrogen) atoms. The summed E-state index contributed by atoms with van der Waals surface area (Å²) in [6.45, 7) is 4.89. The largest absolute Gasteiger partial charge is 0.462 e. The van der Waals surface area contributed by atoms with E-state index in [4.69, 9.17) is 0 Å². The highest BCUT2D eigenvalue weighted by molar-refractivity contribution is 7.96. The van der Waals surface area contributed by atoms with Crippen LogP contribution in [0.3, 0.4) is 0 Å². The Labute approximate surface area is 93.7 Å². The summed E-state index contributed by atoms with van der Waals surface area (Å²) in [5, 5.41) is -0.215. The average Bonchev–Trinajstić information content (AvgIpc) is 2.29. The summed E-state index contributed by atoms with van der Waals surface area (Å²) >= 11 is 0. The lowest BCUT2D eigenvalue weighted by molar-refractivity contribution is -0.137. The number of carbonyl (C=O) groups is 1. The van der Waals surface area contributed by atoms with Gasteiger partial charge in [-0.2, -0.15) is 0 Å². The molecule has 86 valence electrons. The molecule has 6 heteroatoms. The Hall–Kier alpha value is -1.69. The maximum absolute atomic E-state index is 11.8. The van der Waals surface area contributed by atoms with Crippen molar-refractivity contribution in [3.63, 3.8) is 0 Å². The third-order valence-electron chi connectivity index (χ3n) is 1.74. The van der Waals surface area contributed by atoms with Gasteiger partial charge in [0.15, 0.2) is 9.93 Å². The van der Waals surface area contributed by atoms with E-state index in [-0.39, 0.29) is 11.6 Å². The van der Waals surface area contributed by atoms with Gasteiger partial charge in [-0.25, -0.2) is 18.2 Å². The third kappa shape index (κ3) is 2.46. The van der Waals surface area contributed by atoms with Gasteiger partial charge in [0.1, 0.15) is 0 Å². The van der Waals surface area contributed by atoms with Crippen molar-refractivity contribution >= 4 is 15.8 Å². The molecule has 0 N–H and O–H groups in total. The summed E-state index contributed by atoms with van der Waals surface area (Å²) in [5.74, 6) is -0.951. The van der Waals surface area contributed by atoms with Gasteiger partial charge in [0.05, 0.1) is 6.61 Å². The zero-order valence-electron chi connectivity index (χ0n) is 8.71. The van der Waals surface area contributed by atoms with E-state index < -0.39 is 20.7 Å². The Balaban J connectivity index is 3.05. The van der Waals surface area contributed by atoms with E-state index in [1.165, 1.54) is 18.3 Å². The van der Waals surface area contributed by atoms with E-state index in [9.17, 15) is 13.2 Å². The molecule has 5 nitrogen and oxygen atoms in total. The van der Waals surface area contributed by atoms with Crippen molar-refractivity contribution in [3.05, 3.63) is 35.9 Å². The van der Waals surface area contributed by atoms with Crippen molar-refractivity contribution in [1.82, 2.24) is 4.98 Å². The van der Waals surface area contributed by atoms with Crippen molar-refractivity contribution in [2.45, 2.75) is 11.9 Å². The average molecular weight is 241 g/mol. The Kier molecular flexibility index (Phi) is 3.78. The van der Waals surface area contributed by atoms with Gasteiger partial charge in [-0.15, -0.1) is 0 Å². The van der Waals surface area contributed by atoms with Gasteiger partial charge in [0.2, 0.25) is 9.84 Å². The van der Waals surface area contributed by atoms with Gasteiger partial charge in [-0.3, -0.25) is 0 Å². The molecule has 0 aromatic carbocycles. The predicted molar refractivity (Wildman–Crippen MR) is 57.2 cm³/mol. The molecule has 1 aromatic rings. The highest BCUT2D eigenvalue weighted by atomic mass is 32.2. The van der Waals surface area contributed by atoms with Crippen LogP contribution in [0.25, 0.3) is 0 Å². The molecule has 1 heterocycles. The summed E-state index contributed by atoms with van der Waals surface area (Å²) < 4.78 is 28.1. The molecule has 0 bridgehead atoms. The van der Waals surface area contributed by atoms with Crippen LogP contribution in [0.2, 0.25) is 0 Å². The molecule has 1 rings (SSSR count). The number of carbonyl (C=O) groups excluding carboxylic acids is 1. The van der Waals surface area contributed by atoms with Gasteiger partial charge in [-0.05, 0) is 19.1 Å². The van der Waals surface area contributed by atoms with Crippen molar-refractivity contribution in [3.8, 4) is 0 Å². The summed E-state index contributed by atoms with van der Waals surface area (Å²) in [4.78, 5) is 14.3. The summed E-state index contributed by atoms with van der Waals surface area (Å²) in [6.07, 6.45) is 1.32. The number of hydrogen-bond acceptors (Lipinski definition) is 5. The van der Waals surface area contributed by atoms with Crippen molar-refractivity contribution in [1.29, 1.82) is 0 Å². The van der Waals surface area contributed by atoms with Gasteiger partial charge in [-0.1, -0.05) is 12.6 Å². The first-order chi connectivity index (χ1) is 7.50. The van der Waals surface area contributed by atoms with E-state index in [1.807, 2.05) is 0 Å². The van der Waals surface area contributed by atoms with E-state index in [2.05, 4.69) is 16.3 Å². The number of sulfone groups is 1. The lowest BCUT2D eigenvalue weighted by Gasteiger charge is -2.05. The molecule has 0 aliphatic carbocycles. The van der Waals surface area contributed by atoms with Crippen LogP contribution in [0, 0.1) is 0 Å². The number of hydrogen-bond donors (Lipinski definition) is 0. The third-order valence-corrected chi connectivity index (χ3v) is 3.35. The molecule has 0 amide bonds. The smallest absolute Gasteiger partial charge is 0.349 e. The van der Waals surface area contributed by atoms with Gasteiger partial charge in [0, 0.05) is 6.20 Å². The fourth-order valence-corrected chi connectivity index (χ4v) is 1.94. The molecular formula is C10H11NO4S. The van der Waals surface area contributed by atoms with Crippen molar-refractivity contribution < 1.29 is 17.9 Å². The first kappa shape index (κ1) is 12.4. The SMILES string of the molecule is C=C(C(=O)OCC)S(=O)(=O)c1ccccn1. The molecule has 0 fully saturated rings. The predicted octanol–water partition coefficient (Wildman–Crippen LogP) is 0.932. The highest BCUT2D eigenvalue weighted by Crippen LogP contribution is 2.16. The Morgan fingerprint density at radius 3 is 2.69 bits per heavy atom. The summed E-state index contributed by atoms with van der Waals surface area (Å²) in [7, 11) is -3.94. The second-order valence-corrected chi connectivity index (χ2v) is 4.73. The number of nitrogens with zero attached hydrogens (tertiary/aromatic N) is 1. The lowest BCUT2D eigenvalue weighted by Crippen LogP contribution is -2.16.